The number of nitrogens with zero attached hydrogens (tertiary/aromatic N) is 2. The molecule has 1 rings (SSSR count). The minimum atomic E-state index is -0.495. The average Bonchev–Trinajstić information content (AvgIpc) is 2.32. The van der Waals surface area contributed by atoms with Crippen molar-refractivity contribution in [2.24, 2.45) is 0 Å². The molecule has 0 aromatic heterocycles. The Kier molecular flexibility index (Phi) is 7.11. The molecular formula is C18H35N3O4. The van der Waals surface area contributed by atoms with E-state index in [0.717, 1.165) is 19.6 Å². The summed E-state index contributed by atoms with van der Waals surface area (Å²) in [6.45, 7) is 17.9. The molecule has 2 amide bonds. The normalized spacial score (nSPS) is 22.5. The molecule has 0 aromatic carbocycles. The highest BCUT2D eigenvalue weighted by Gasteiger charge is 2.35. The fourth-order valence-corrected chi connectivity index (χ4v) is 2.92. The molecule has 2 atom stereocenters. The fourth-order valence-electron chi connectivity index (χ4n) is 2.92. The van der Waals surface area contributed by atoms with E-state index in [1.807, 2.05) is 60.3 Å². The molecule has 0 radical (unpaired) electrons. The number of hydrogen-bond acceptors (Lipinski definition) is 5. The van der Waals surface area contributed by atoms with Crippen LogP contribution in [0.1, 0.15) is 55.4 Å². The minimum Gasteiger partial charge on any atom is -0.444 e. The van der Waals surface area contributed by atoms with Gasteiger partial charge in [0.05, 0.1) is 0 Å². The molecule has 0 bridgehead atoms. The Labute approximate surface area is 152 Å². The first-order valence-corrected chi connectivity index (χ1v) is 8.99. The van der Waals surface area contributed by atoms with E-state index in [1.165, 1.54) is 0 Å². The Bertz CT molecular complexity index is 456. The Morgan fingerprint density at radius 2 is 1.44 bits per heavy atom. The Morgan fingerprint density at radius 1 is 0.960 bits per heavy atom. The van der Waals surface area contributed by atoms with Crippen LogP contribution in [0.2, 0.25) is 0 Å². The molecular weight excluding hydrogens is 322 g/mol. The molecule has 0 aromatic rings. The van der Waals surface area contributed by atoms with Crippen LogP contribution in [0.25, 0.3) is 0 Å². The third-order valence-electron chi connectivity index (χ3n) is 3.70. The minimum absolute atomic E-state index is 0.0557. The molecule has 1 aliphatic rings. The van der Waals surface area contributed by atoms with Crippen LogP contribution >= 0.6 is 0 Å². The largest absolute Gasteiger partial charge is 0.444 e. The SMILES string of the molecule is C[C@@H]1CN(CCNC(=O)OC(C)(C)C)C[C@H](C)N1C(=O)OC(C)(C)C. The standard InChI is InChI=1S/C18H35N3O4/c1-13-11-20(10-9-19-15(22)24-17(3,4)5)12-14(2)21(13)16(23)25-18(6,7)8/h13-14H,9-12H2,1-8H3,(H,19,22)/t13-,14+. The van der Waals surface area contributed by atoms with E-state index in [2.05, 4.69) is 10.2 Å². The molecule has 0 saturated carbocycles. The van der Waals surface area contributed by atoms with Gasteiger partial charge in [0.2, 0.25) is 0 Å². The number of piperazine rings is 1. The summed E-state index contributed by atoms with van der Waals surface area (Å²) in [5.74, 6) is 0. The van der Waals surface area contributed by atoms with Gasteiger partial charge in [-0.1, -0.05) is 0 Å². The summed E-state index contributed by atoms with van der Waals surface area (Å²) in [6.07, 6.45) is -0.667. The highest BCUT2D eigenvalue weighted by molar-refractivity contribution is 5.69. The maximum atomic E-state index is 12.4. The zero-order valence-corrected chi connectivity index (χ0v) is 17.0. The molecule has 1 heterocycles. The van der Waals surface area contributed by atoms with Gasteiger partial charge in [-0.15, -0.1) is 0 Å². The first-order valence-electron chi connectivity index (χ1n) is 8.99. The van der Waals surface area contributed by atoms with Gasteiger partial charge in [0.1, 0.15) is 11.2 Å². The highest BCUT2D eigenvalue weighted by Crippen LogP contribution is 2.19. The molecule has 1 saturated heterocycles. The maximum absolute atomic E-state index is 12.4. The molecule has 0 aliphatic carbocycles. The van der Waals surface area contributed by atoms with Gasteiger partial charge in [0.25, 0.3) is 0 Å². The van der Waals surface area contributed by atoms with Gasteiger partial charge in [0, 0.05) is 38.3 Å². The summed E-state index contributed by atoms with van der Waals surface area (Å²) in [7, 11) is 0. The number of carbonyl (C=O) groups excluding carboxylic acids is 2. The van der Waals surface area contributed by atoms with Crippen molar-refractivity contribution in [3.8, 4) is 0 Å². The summed E-state index contributed by atoms with van der Waals surface area (Å²) in [6, 6.07) is 0.111. The monoisotopic (exact) mass is 357 g/mol. The second-order valence-corrected chi connectivity index (χ2v) is 8.77. The van der Waals surface area contributed by atoms with Crippen molar-refractivity contribution in [2.75, 3.05) is 26.2 Å². The summed E-state index contributed by atoms with van der Waals surface area (Å²) >= 11 is 0. The molecule has 25 heavy (non-hydrogen) atoms. The predicted molar refractivity (Wildman–Crippen MR) is 97.7 cm³/mol. The van der Waals surface area contributed by atoms with E-state index in [1.54, 1.807) is 0 Å². The average molecular weight is 357 g/mol. The van der Waals surface area contributed by atoms with Gasteiger partial charge in [-0.05, 0) is 55.4 Å². The lowest BCUT2D eigenvalue weighted by Crippen LogP contribution is -2.60. The van der Waals surface area contributed by atoms with E-state index >= 15 is 0 Å². The van der Waals surface area contributed by atoms with Crippen molar-refractivity contribution in [3.05, 3.63) is 0 Å². The third kappa shape index (κ3) is 7.94. The van der Waals surface area contributed by atoms with Gasteiger partial charge in [-0.25, -0.2) is 9.59 Å². The molecule has 1 N–H and O–H groups in total. The van der Waals surface area contributed by atoms with Crippen molar-refractivity contribution in [2.45, 2.75) is 78.7 Å². The zero-order valence-electron chi connectivity index (χ0n) is 17.0. The number of carbonyl (C=O) groups is 2. The van der Waals surface area contributed by atoms with E-state index in [4.69, 9.17) is 9.47 Å². The molecule has 1 fully saturated rings. The molecule has 0 spiro atoms. The van der Waals surface area contributed by atoms with Crippen LogP contribution < -0.4 is 5.32 Å². The second kappa shape index (κ2) is 8.25. The van der Waals surface area contributed by atoms with Gasteiger partial charge >= 0.3 is 12.2 Å². The molecule has 146 valence electrons. The molecule has 1 aliphatic heterocycles. The number of hydrogen-bond donors (Lipinski definition) is 1. The van der Waals surface area contributed by atoms with E-state index in [-0.39, 0.29) is 18.2 Å². The van der Waals surface area contributed by atoms with Crippen molar-refractivity contribution in [1.82, 2.24) is 15.1 Å². The van der Waals surface area contributed by atoms with Crippen LogP contribution in [-0.2, 0) is 9.47 Å². The molecule has 0 unspecified atom stereocenters. The number of rotatable bonds is 3. The van der Waals surface area contributed by atoms with Crippen molar-refractivity contribution < 1.29 is 19.1 Å². The number of nitrogens with one attached hydrogen (secondary N) is 1. The fraction of sp³-hybridized carbons (Fsp3) is 0.889. The lowest BCUT2D eigenvalue weighted by molar-refractivity contribution is -0.0147. The third-order valence-corrected chi connectivity index (χ3v) is 3.70. The second-order valence-electron chi connectivity index (χ2n) is 8.77. The quantitative estimate of drug-likeness (QED) is 0.841. The lowest BCUT2D eigenvalue weighted by Gasteiger charge is -2.44. The van der Waals surface area contributed by atoms with Gasteiger partial charge < -0.3 is 19.7 Å². The number of alkyl carbamates (subject to hydrolysis) is 1. The summed E-state index contributed by atoms with van der Waals surface area (Å²) < 4.78 is 10.7. The van der Waals surface area contributed by atoms with Crippen molar-refractivity contribution in [1.29, 1.82) is 0 Å². The van der Waals surface area contributed by atoms with Gasteiger partial charge in [-0.3, -0.25) is 4.90 Å². The smallest absolute Gasteiger partial charge is 0.410 e. The van der Waals surface area contributed by atoms with E-state index in [0.29, 0.717) is 6.54 Å². The lowest BCUT2D eigenvalue weighted by atomic mass is 10.1. The van der Waals surface area contributed by atoms with Crippen LogP contribution in [0.3, 0.4) is 0 Å². The Balaban J connectivity index is 2.45. The van der Waals surface area contributed by atoms with Crippen LogP contribution in [0.15, 0.2) is 0 Å². The van der Waals surface area contributed by atoms with Crippen molar-refractivity contribution >= 4 is 12.2 Å². The van der Waals surface area contributed by atoms with Gasteiger partial charge in [-0.2, -0.15) is 0 Å². The van der Waals surface area contributed by atoms with E-state index in [9.17, 15) is 9.59 Å². The zero-order chi connectivity index (χ0) is 19.4. The predicted octanol–water partition coefficient (Wildman–Crippen LogP) is 2.84. The number of ether oxygens (including phenoxy) is 2. The summed E-state index contributed by atoms with van der Waals surface area (Å²) in [5, 5.41) is 2.77. The topological polar surface area (TPSA) is 71.1 Å². The Hall–Kier alpha value is -1.50. The van der Waals surface area contributed by atoms with Crippen LogP contribution in [0, 0.1) is 0 Å². The number of amides is 2. The summed E-state index contributed by atoms with van der Waals surface area (Å²) in [4.78, 5) is 28.1. The maximum Gasteiger partial charge on any atom is 0.410 e. The molecule has 7 heteroatoms. The molecule has 7 nitrogen and oxygen atoms in total. The van der Waals surface area contributed by atoms with E-state index < -0.39 is 17.3 Å². The van der Waals surface area contributed by atoms with Crippen molar-refractivity contribution in [3.63, 3.8) is 0 Å². The van der Waals surface area contributed by atoms with Crippen LogP contribution in [0.4, 0.5) is 9.59 Å². The van der Waals surface area contributed by atoms with Crippen LogP contribution in [-0.4, -0.2) is 71.5 Å². The highest BCUT2D eigenvalue weighted by atomic mass is 16.6. The van der Waals surface area contributed by atoms with Crippen LogP contribution in [0.5, 0.6) is 0 Å². The summed E-state index contributed by atoms with van der Waals surface area (Å²) in [5.41, 5.74) is -0.989. The first-order chi connectivity index (χ1) is 11.3. The Morgan fingerprint density at radius 3 is 1.88 bits per heavy atom. The van der Waals surface area contributed by atoms with Gasteiger partial charge in [0.15, 0.2) is 0 Å². The first kappa shape index (κ1) is 21.5.